The number of anilines is 1. The van der Waals surface area contributed by atoms with E-state index >= 15 is 0 Å². The zero-order chi connectivity index (χ0) is 14.8. The second-order valence-electron chi connectivity index (χ2n) is 5.64. The molecular weight excluding hydrogens is 268 g/mol. The van der Waals surface area contributed by atoms with Gasteiger partial charge in [-0.05, 0) is 49.9 Å². The second-order valence-corrected chi connectivity index (χ2v) is 5.64. The Bertz CT molecular complexity index is 565. The number of benzene rings is 1. The Morgan fingerprint density at radius 3 is 2.95 bits per heavy atom. The largest absolute Gasteiger partial charge is 0.378 e. The second kappa shape index (κ2) is 5.85. The molecule has 0 aromatic heterocycles. The molecule has 1 aromatic rings. The van der Waals surface area contributed by atoms with E-state index in [4.69, 9.17) is 4.74 Å². The summed E-state index contributed by atoms with van der Waals surface area (Å²) in [5.74, 6) is -0.00853. The zero-order valence-electron chi connectivity index (χ0n) is 12.1. The number of hydrogen-bond donors (Lipinski definition) is 2. The molecule has 2 N–H and O–H groups in total. The number of nitrogens with one attached hydrogen (secondary N) is 2. The summed E-state index contributed by atoms with van der Waals surface area (Å²) in [7, 11) is 0. The number of hydrogen-bond acceptors (Lipinski definition) is 3. The minimum Gasteiger partial charge on any atom is -0.378 e. The van der Waals surface area contributed by atoms with Crippen LogP contribution in [0.5, 0.6) is 0 Å². The molecular formula is C16H20N2O3. The number of ether oxygens (including phenoxy) is 1. The van der Waals surface area contributed by atoms with E-state index in [1.54, 1.807) is 6.07 Å². The molecule has 5 nitrogen and oxygen atoms in total. The normalized spacial score (nSPS) is 23.8. The Balaban J connectivity index is 1.60. The SMILES string of the molecule is CCOC1CC(NC(=O)c2ccc3c(c2)CCC(=O)N3)C1. The van der Waals surface area contributed by atoms with Crippen molar-refractivity contribution in [1.29, 1.82) is 0 Å². The number of carbonyl (C=O) groups is 2. The molecule has 5 heteroatoms. The molecule has 0 atom stereocenters. The standard InChI is InChI=1S/C16H20N2O3/c1-2-21-13-8-12(9-13)17-16(20)11-3-5-14-10(7-11)4-6-15(19)18-14/h3,5,7,12-13H,2,4,6,8-9H2,1H3,(H,17,20)(H,18,19). The van der Waals surface area contributed by atoms with Crippen LogP contribution >= 0.6 is 0 Å². The summed E-state index contributed by atoms with van der Waals surface area (Å²) in [5.41, 5.74) is 2.51. The van der Waals surface area contributed by atoms with Gasteiger partial charge in [0.2, 0.25) is 5.91 Å². The van der Waals surface area contributed by atoms with Crippen molar-refractivity contribution >= 4 is 17.5 Å². The van der Waals surface area contributed by atoms with Gasteiger partial charge in [0, 0.05) is 30.3 Å². The first-order valence-corrected chi connectivity index (χ1v) is 7.51. The molecule has 3 rings (SSSR count). The summed E-state index contributed by atoms with van der Waals surface area (Å²) in [5, 5.41) is 5.85. The third kappa shape index (κ3) is 3.08. The lowest BCUT2D eigenvalue weighted by Crippen LogP contribution is -2.47. The average molecular weight is 288 g/mol. The Morgan fingerprint density at radius 2 is 2.19 bits per heavy atom. The lowest BCUT2D eigenvalue weighted by molar-refractivity contribution is -0.116. The van der Waals surface area contributed by atoms with E-state index in [2.05, 4.69) is 10.6 Å². The van der Waals surface area contributed by atoms with Crippen LogP contribution in [0.2, 0.25) is 0 Å². The summed E-state index contributed by atoms with van der Waals surface area (Å²) in [6.45, 7) is 2.71. The van der Waals surface area contributed by atoms with E-state index in [0.29, 0.717) is 24.5 Å². The number of amides is 2. The van der Waals surface area contributed by atoms with Crippen LogP contribution in [0.4, 0.5) is 5.69 Å². The maximum absolute atomic E-state index is 12.2. The summed E-state index contributed by atoms with van der Waals surface area (Å²) >= 11 is 0. The third-order valence-electron chi connectivity index (χ3n) is 4.10. The molecule has 0 saturated heterocycles. The van der Waals surface area contributed by atoms with Crippen molar-refractivity contribution in [2.24, 2.45) is 0 Å². The first kappa shape index (κ1) is 14.1. The fraction of sp³-hybridized carbons (Fsp3) is 0.500. The van der Waals surface area contributed by atoms with Crippen LogP contribution in [-0.2, 0) is 16.0 Å². The van der Waals surface area contributed by atoms with Crippen LogP contribution in [0.15, 0.2) is 18.2 Å². The van der Waals surface area contributed by atoms with E-state index in [1.165, 1.54) is 0 Å². The molecule has 112 valence electrons. The minimum atomic E-state index is -0.0466. The highest BCUT2D eigenvalue weighted by molar-refractivity contribution is 5.98. The van der Waals surface area contributed by atoms with E-state index in [0.717, 1.165) is 30.7 Å². The Kier molecular flexibility index (Phi) is 3.92. The predicted octanol–water partition coefficient (Wildman–Crippen LogP) is 1.87. The minimum absolute atomic E-state index is 0.0381. The first-order valence-electron chi connectivity index (χ1n) is 7.51. The summed E-state index contributed by atoms with van der Waals surface area (Å²) < 4.78 is 5.49. The van der Waals surface area contributed by atoms with Gasteiger partial charge in [0.25, 0.3) is 5.91 Å². The molecule has 0 unspecified atom stereocenters. The van der Waals surface area contributed by atoms with E-state index in [-0.39, 0.29) is 17.9 Å². The van der Waals surface area contributed by atoms with Gasteiger partial charge in [0.05, 0.1) is 6.10 Å². The van der Waals surface area contributed by atoms with Gasteiger partial charge in [-0.1, -0.05) is 0 Å². The van der Waals surface area contributed by atoms with Gasteiger partial charge < -0.3 is 15.4 Å². The van der Waals surface area contributed by atoms with Crippen LogP contribution in [0.1, 0.15) is 42.1 Å². The molecule has 2 amide bonds. The molecule has 1 aliphatic heterocycles. The van der Waals surface area contributed by atoms with Crippen molar-refractivity contribution in [3.05, 3.63) is 29.3 Å². The fourth-order valence-corrected chi connectivity index (χ4v) is 2.85. The smallest absolute Gasteiger partial charge is 0.251 e. The van der Waals surface area contributed by atoms with Gasteiger partial charge in [0.15, 0.2) is 0 Å². The molecule has 2 aliphatic rings. The van der Waals surface area contributed by atoms with Crippen LogP contribution < -0.4 is 10.6 Å². The van der Waals surface area contributed by atoms with Crippen molar-refractivity contribution in [2.75, 3.05) is 11.9 Å². The van der Waals surface area contributed by atoms with Crippen LogP contribution in [0.3, 0.4) is 0 Å². The van der Waals surface area contributed by atoms with Gasteiger partial charge in [0.1, 0.15) is 0 Å². The van der Waals surface area contributed by atoms with E-state index in [1.807, 2.05) is 19.1 Å². The van der Waals surface area contributed by atoms with Crippen LogP contribution in [-0.4, -0.2) is 30.6 Å². The fourth-order valence-electron chi connectivity index (χ4n) is 2.85. The van der Waals surface area contributed by atoms with Crippen molar-refractivity contribution in [3.8, 4) is 0 Å². The average Bonchev–Trinajstić information content (AvgIpc) is 2.44. The number of aryl methyl sites for hydroxylation is 1. The molecule has 1 aromatic carbocycles. The molecule has 1 aliphatic carbocycles. The molecule has 1 heterocycles. The number of fused-ring (bicyclic) bond motifs is 1. The maximum atomic E-state index is 12.2. The maximum Gasteiger partial charge on any atom is 0.251 e. The van der Waals surface area contributed by atoms with Crippen LogP contribution in [0.25, 0.3) is 0 Å². The van der Waals surface area contributed by atoms with Crippen molar-refractivity contribution in [3.63, 3.8) is 0 Å². The van der Waals surface area contributed by atoms with E-state index < -0.39 is 0 Å². The third-order valence-corrected chi connectivity index (χ3v) is 4.10. The quantitative estimate of drug-likeness (QED) is 0.888. The topological polar surface area (TPSA) is 67.4 Å². The lowest BCUT2D eigenvalue weighted by Gasteiger charge is -2.35. The zero-order valence-corrected chi connectivity index (χ0v) is 12.1. The monoisotopic (exact) mass is 288 g/mol. The summed E-state index contributed by atoms with van der Waals surface area (Å²) in [4.78, 5) is 23.5. The Labute approximate surface area is 124 Å². The van der Waals surface area contributed by atoms with Gasteiger partial charge in [-0.25, -0.2) is 0 Å². The van der Waals surface area contributed by atoms with Gasteiger partial charge in [-0.15, -0.1) is 0 Å². The number of rotatable bonds is 4. The molecule has 21 heavy (non-hydrogen) atoms. The highest BCUT2D eigenvalue weighted by Gasteiger charge is 2.31. The highest BCUT2D eigenvalue weighted by Crippen LogP contribution is 2.25. The first-order chi connectivity index (χ1) is 10.2. The van der Waals surface area contributed by atoms with Crippen LogP contribution in [0, 0.1) is 0 Å². The van der Waals surface area contributed by atoms with E-state index in [9.17, 15) is 9.59 Å². The molecule has 0 spiro atoms. The Hall–Kier alpha value is -1.88. The molecule has 0 radical (unpaired) electrons. The van der Waals surface area contributed by atoms with Gasteiger partial charge in [-0.2, -0.15) is 0 Å². The van der Waals surface area contributed by atoms with Gasteiger partial charge in [-0.3, -0.25) is 9.59 Å². The Morgan fingerprint density at radius 1 is 1.38 bits per heavy atom. The lowest BCUT2D eigenvalue weighted by atomic mass is 9.89. The molecule has 0 bridgehead atoms. The van der Waals surface area contributed by atoms with Crippen molar-refractivity contribution < 1.29 is 14.3 Å². The van der Waals surface area contributed by atoms with Crippen molar-refractivity contribution in [1.82, 2.24) is 5.32 Å². The highest BCUT2D eigenvalue weighted by atomic mass is 16.5. The molecule has 1 fully saturated rings. The summed E-state index contributed by atoms with van der Waals surface area (Å²) in [6.07, 6.45) is 3.25. The van der Waals surface area contributed by atoms with Gasteiger partial charge >= 0.3 is 0 Å². The number of carbonyl (C=O) groups excluding carboxylic acids is 2. The molecule has 1 saturated carbocycles. The summed E-state index contributed by atoms with van der Waals surface area (Å²) in [6, 6.07) is 5.66. The predicted molar refractivity (Wildman–Crippen MR) is 79.3 cm³/mol. The van der Waals surface area contributed by atoms with Crippen molar-refractivity contribution in [2.45, 2.75) is 44.8 Å².